The number of hydrogen-bond donors (Lipinski definition) is 1. The van der Waals surface area contributed by atoms with Gasteiger partial charge in [-0.2, -0.15) is 0 Å². The van der Waals surface area contributed by atoms with Gasteiger partial charge < -0.3 is 10.1 Å². The Bertz CT molecular complexity index is 711. The van der Waals surface area contributed by atoms with Gasteiger partial charge in [0.2, 0.25) is 5.91 Å². The third kappa shape index (κ3) is 5.19. The minimum absolute atomic E-state index is 0.0110. The Morgan fingerprint density at radius 1 is 1.04 bits per heavy atom. The number of nitrogens with one attached hydrogen (secondary N) is 1. The Morgan fingerprint density at radius 2 is 1.71 bits per heavy atom. The Labute approximate surface area is 140 Å². The Hall–Kier alpha value is -2.69. The molecule has 2 aromatic carbocycles. The van der Waals surface area contributed by atoms with Crippen LogP contribution in [-0.2, 0) is 4.79 Å². The van der Waals surface area contributed by atoms with Gasteiger partial charge in [-0.1, -0.05) is 12.1 Å². The Balaban J connectivity index is 1.92. The molecule has 1 amide bonds. The van der Waals surface area contributed by atoms with Crippen molar-refractivity contribution in [1.29, 1.82) is 0 Å². The highest BCUT2D eigenvalue weighted by molar-refractivity contribution is 6.00. The first-order valence-corrected chi connectivity index (χ1v) is 7.80. The normalized spacial score (nSPS) is 10.5. The summed E-state index contributed by atoms with van der Waals surface area (Å²) in [6.07, 6.45) is 0.0970. The van der Waals surface area contributed by atoms with E-state index in [-0.39, 0.29) is 30.6 Å². The molecule has 0 atom stereocenters. The average Bonchev–Trinajstić information content (AvgIpc) is 2.54. The van der Waals surface area contributed by atoms with Gasteiger partial charge >= 0.3 is 0 Å². The predicted octanol–water partition coefficient (Wildman–Crippen LogP) is 4.21. The topological polar surface area (TPSA) is 55.4 Å². The van der Waals surface area contributed by atoms with Crippen molar-refractivity contribution in [3.63, 3.8) is 0 Å². The number of amides is 1. The fraction of sp³-hybridized carbons (Fsp3) is 0.263. The molecule has 0 aromatic heterocycles. The quantitative estimate of drug-likeness (QED) is 0.774. The summed E-state index contributed by atoms with van der Waals surface area (Å²) in [6, 6.07) is 12.4. The lowest BCUT2D eigenvalue weighted by Gasteiger charge is -2.14. The maximum Gasteiger partial charge on any atom is 0.224 e. The van der Waals surface area contributed by atoms with Crippen molar-refractivity contribution in [3.8, 4) is 5.75 Å². The van der Waals surface area contributed by atoms with Crippen LogP contribution in [0.2, 0.25) is 0 Å². The molecule has 5 heteroatoms. The first-order chi connectivity index (χ1) is 11.5. The molecule has 0 aliphatic heterocycles. The highest BCUT2D eigenvalue weighted by Crippen LogP contribution is 2.25. The van der Waals surface area contributed by atoms with Crippen LogP contribution in [0.4, 0.5) is 10.1 Å². The van der Waals surface area contributed by atoms with E-state index in [2.05, 4.69) is 5.32 Å². The largest absolute Gasteiger partial charge is 0.489 e. The van der Waals surface area contributed by atoms with Crippen LogP contribution >= 0.6 is 0 Å². The number of carbonyl (C=O) groups is 2. The monoisotopic (exact) mass is 329 g/mol. The Kier molecular flexibility index (Phi) is 6.07. The molecule has 0 bridgehead atoms. The van der Waals surface area contributed by atoms with Crippen molar-refractivity contribution in [2.45, 2.75) is 32.8 Å². The molecule has 0 saturated heterocycles. The summed E-state index contributed by atoms with van der Waals surface area (Å²) in [5.74, 6) is -0.279. The van der Waals surface area contributed by atoms with E-state index in [0.29, 0.717) is 17.0 Å². The second-order valence-corrected chi connectivity index (χ2v) is 5.64. The zero-order valence-electron chi connectivity index (χ0n) is 13.7. The average molecular weight is 329 g/mol. The van der Waals surface area contributed by atoms with Crippen LogP contribution in [0.1, 0.15) is 37.0 Å². The Morgan fingerprint density at radius 3 is 2.38 bits per heavy atom. The van der Waals surface area contributed by atoms with Crippen molar-refractivity contribution < 1.29 is 18.7 Å². The van der Waals surface area contributed by atoms with Gasteiger partial charge in [0.1, 0.15) is 11.6 Å². The smallest absolute Gasteiger partial charge is 0.224 e. The van der Waals surface area contributed by atoms with E-state index < -0.39 is 5.82 Å². The van der Waals surface area contributed by atoms with Crippen LogP contribution in [0.25, 0.3) is 0 Å². The van der Waals surface area contributed by atoms with E-state index in [1.54, 1.807) is 18.2 Å². The number of ketones is 1. The van der Waals surface area contributed by atoms with Gasteiger partial charge in [0.25, 0.3) is 0 Å². The maximum absolute atomic E-state index is 12.8. The number of ether oxygens (including phenoxy) is 1. The second kappa shape index (κ2) is 8.24. The molecule has 0 aliphatic carbocycles. The van der Waals surface area contributed by atoms with Crippen molar-refractivity contribution in [1.82, 2.24) is 0 Å². The molecular formula is C19H20FNO3. The van der Waals surface area contributed by atoms with E-state index >= 15 is 0 Å². The zero-order valence-corrected chi connectivity index (χ0v) is 13.7. The zero-order chi connectivity index (χ0) is 17.5. The molecule has 0 radical (unpaired) electrons. The minimum atomic E-state index is -0.397. The summed E-state index contributed by atoms with van der Waals surface area (Å²) in [5, 5.41) is 2.76. The number of carbonyl (C=O) groups excluding carboxylic acids is 2. The van der Waals surface area contributed by atoms with Crippen molar-refractivity contribution in [2.24, 2.45) is 0 Å². The first kappa shape index (κ1) is 17.7. The molecule has 0 unspecified atom stereocenters. The van der Waals surface area contributed by atoms with E-state index in [1.807, 2.05) is 19.9 Å². The molecule has 2 rings (SSSR count). The molecular weight excluding hydrogens is 309 g/mol. The second-order valence-electron chi connectivity index (χ2n) is 5.64. The lowest BCUT2D eigenvalue weighted by atomic mass is 10.1. The maximum atomic E-state index is 12.8. The summed E-state index contributed by atoms with van der Waals surface area (Å²) >= 11 is 0. The van der Waals surface area contributed by atoms with Gasteiger partial charge in [0.15, 0.2) is 5.78 Å². The van der Waals surface area contributed by atoms with Gasteiger partial charge in [-0.3, -0.25) is 9.59 Å². The highest BCUT2D eigenvalue weighted by Gasteiger charge is 2.12. The number of anilines is 1. The van der Waals surface area contributed by atoms with E-state index in [9.17, 15) is 14.0 Å². The first-order valence-electron chi connectivity index (χ1n) is 7.80. The summed E-state index contributed by atoms with van der Waals surface area (Å²) in [5.41, 5.74) is 0.971. The summed E-state index contributed by atoms with van der Waals surface area (Å²) in [6.45, 7) is 3.81. The van der Waals surface area contributed by atoms with Gasteiger partial charge in [-0.25, -0.2) is 4.39 Å². The fourth-order valence-electron chi connectivity index (χ4n) is 2.15. The number of benzene rings is 2. The standard InChI is InChI=1S/C19H20FNO3/c1-13(2)24-18-6-4-3-5-16(18)21-19(23)12-11-17(22)14-7-9-15(20)10-8-14/h3-10,13H,11-12H2,1-2H3,(H,21,23). The highest BCUT2D eigenvalue weighted by atomic mass is 19.1. The summed E-state index contributed by atoms with van der Waals surface area (Å²) in [7, 11) is 0. The van der Waals surface area contributed by atoms with Crippen LogP contribution in [0.5, 0.6) is 5.75 Å². The third-order valence-corrected chi connectivity index (χ3v) is 3.27. The number of rotatable bonds is 7. The van der Waals surface area contributed by atoms with Gasteiger partial charge in [0.05, 0.1) is 11.8 Å². The molecule has 126 valence electrons. The number of hydrogen-bond acceptors (Lipinski definition) is 3. The van der Waals surface area contributed by atoms with Crippen LogP contribution in [0.15, 0.2) is 48.5 Å². The van der Waals surface area contributed by atoms with Crippen LogP contribution in [0.3, 0.4) is 0 Å². The predicted molar refractivity (Wildman–Crippen MR) is 90.8 cm³/mol. The summed E-state index contributed by atoms with van der Waals surface area (Å²) < 4.78 is 18.5. The van der Waals surface area contributed by atoms with Crippen molar-refractivity contribution >= 4 is 17.4 Å². The SMILES string of the molecule is CC(C)Oc1ccccc1NC(=O)CCC(=O)c1ccc(F)cc1. The lowest BCUT2D eigenvalue weighted by molar-refractivity contribution is -0.116. The lowest BCUT2D eigenvalue weighted by Crippen LogP contribution is -2.15. The van der Waals surface area contributed by atoms with Gasteiger partial charge in [-0.05, 0) is 50.2 Å². The number of para-hydroxylation sites is 2. The molecule has 0 heterocycles. The molecule has 4 nitrogen and oxygen atoms in total. The van der Waals surface area contributed by atoms with E-state index in [1.165, 1.54) is 24.3 Å². The minimum Gasteiger partial charge on any atom is -0.489 e. The van der Waals surface area contributed by atoms with E-state index in [4.69, 9.17) is 4.74 Å². The van der Waals surface area contributed by atoms with Crippen LogP contribution < -0.4 is 10.1 Å². The molecule has 0 spiro atoms. The summed E-state index contributed by atoms with van der Waals surface area (Å²) in [4.78, 5) is 24.1. The van der Waals surface area contributed by atoms with Gasteiger partial charge in [-0.15, -0.1) is 0 Å². The van der Waals surface area contributed by atoms with Crippen molar-refractivity contribution in [2.75, 3.05) is 5.32 Å². The van der Waals surface area contributed by atoms with Crippen molar-refractivity contribution in [3.05, 3.63) is 59.9 Å². The third-order valence-electron chi connectivity index (χ3n) is 3.27. The molecule has 1 N–H and O–H groups in total. The molecule has 0 saturated carbocycles. The van der Waals surface area contributed by atoms with Crippen LogP contribution in [0, 0.1) is 5.82 Å². The number of Topliss-reactive ketones (excluding diaryl/α,β-unsaturated/α-hetero) is 1. The molecule has 0 fully saturated rings. The molecule has 24 heavy (non-hydrogen) atoms. The van der Waals surface area contributed by atoms with E-state index in [0.717, 1.165) is 0 Å². The molecule has 0 aliphatic rings. The molecule has 2 aromatic rings. The van der Waals surface area contributed by atoms with Crippen LogP contribution in [-0.4, -0.2) is 17.8 Å². The van der Waals surface area contributed by atoms with Gasteiger partial charge in [0, 0.05) is 18.4 Å². The fourth-order valence-corrected chi connectivity index (χ4v) is 2.15. The number of halogens is 1.